The number of benzene rings is 2. The molecule has 0 heterocycles. The maximum Gasteiger partial charge on any atom is 0.123 e. The second kappa shape index (κ2) is 7.94. The van der Waals surface area contributed by atoms with Crippen molar-refractivity contribution in [2.24, 2.45) is 0 Å². The Kier molecular flexibility index (Phi) is 5.95. The molecule has 0 aliphatic heterocycles. The molecule has 0 amide bonds. The molecule has 2 N–H and O–H groups in total. The van der Waals surface area contributed by atoms with E-state index in [-0.39, 0.29) is 5.82 Å². The average molecular weight is 328 g/mol. The number of terminal acetylenes is 1. The highest BCUT2D eigenvalue weighted by Crippen LogP contribution is 2.34. The minimum atomic E-state index is -0.234. The largest absolute Gasteiger partial charge is 0.398 e. The summed E-state index contributed by atoms with van der Waals surface area (Å²) in [5.74, 6) is 3.43. The van der Waals surface area contributed by atoms with Gasteiger partial charge in [-0.3, -0.25) is 0 Å². The standard InChI is InChI=1S/C19H21FN2S/c1-4-10-22(13-15-6-8-16(20)9-7-15)18-11-14(3)17(21)12-19(18)23-5-2/h1,6-9,11-12H,5,10,13,21H2,2-3H3. The summed E-state index contributed by atoms with van der Waals surface area (Å²) in [6.45, 7) is 5.21. The van der Waals surface area contributed by atoms with Gasteiger partial charge in [-0.05, 0) is 48.1 Å². The molecule has 2 aromatic rings. The molecule has 2 nitrogen and oxygen atoms in total. The van der Waals surface area contributed by atoms with Gasteiger partial charge in [0.25, 0.3) is 0 Å². The number of halogens is 1. The highest BCUT2D eigenvalue weighted by Gasteiger charge is 2.13. The van der Waals surface area contributed by atoms with Crippen LogP contribution in [0.1, 0.15) is 18.1 Å². The maximum atomic E-state index is 13.1. The molecule has 0 atom stereocenters. The lowest BCUT2D eigenvalue weighted by Gasteiger charge is -2.26. The molecular weight excluding hydrogens is 307 g/mol. The molecule has 23 heavy (non-hydrogen) atoms. The number of nitrogens with two attached hydrogens (primary N) is 1. The monoisotopic (exact) mass is 328 g/mol. The van der Waals surface area contributed by atoms with E-state index in [4.69, 9.17) is 12.2 Å². The second-order valence-corrected chi connectivity index (χ2v) is 6.60. The van der Waals surface area contributed by atoms with Crippen molar-refractivity contribution >= 4 is 23.1 Å². The molecule has 0 fully saturated rings. The van der Waals surface area contributed by atoms with Crippen LogP contribution in [0.5, 0.6) is 0 Å². The molecule has 0 saturated carbocycles. The number of thioether (sulfide) groups is 1. The van der Waals surface area contributed by atoms with Gasteiger partial charge in [-0.1, -0.05) is 25.0 Å². The number of hydrogen-bond acceptors (Lipinski definition) is 3. The molecule has 0 aliphatic carbocycles. The Bertz CT molecular complexity index is 705. The maximum absolute atomic E-state index is 13.1. The number of rotatable bonds is 6. The molecule has 2 rings (SSSR count). The van der Waals surface area contributed by atoms with Crippen LogP contribution >= 0.6 is 11.8 Å². The first kappa shape index (κ1) is 17.2. The van der Waals surface area contributed by atoms with Crippen LogP contribution in [0.4, 0.5) is 15.8 Å². The van der Waals surface area contributed by atoms with Crippen molar-refractivity contribution in [3.8, 4) is 12.3 Å². The van der Waals surface area contributed by atoms with E-state index in [0.717, 1.165) is 33.2 Å². The minimum Gasteiger partial charge on any atom is -0.398 e. The highest BCUT2D eigenvalue weighted by atomic mass is 32.2. The van der Waals surface area contributed by atoms with Crippen molar-refractivity contribution in [3.05, 3.63) is 53.3 Å². The van der Waals surface area contributed by atoms with Gasteiger partial charge in [0, 0.05) is 17.1 Å². The van der Waals surface area contributed by atoms with Crippen molar-refractivity contribution in [1.29, 1.82) is 0 Å². The van der Waals surface area contributed by atoms with Crippen LogP contribution in [0.3, 0.4) is 0 Å². The SMILES string of the molecule is C#CCN(Cc1ccc(F)cc1)c1cc(C)c(N)cc1SCC. The average Bonchev–Trinajstić information content (AvgIpc) is 2.53. The zero-order valence-electron chi connectivity index (χ0n) is 13.5. The van der Waals surface area contributed by atoms with Gasteiger partial charge in [-0.25, -0.2) is 4.39 Å². The van der Waals surface area contributed by atoms with Gasteiger partial charge in [-0.2, -0.15) is 0 Å². The lowest BCUT2D eigenvalue weighted by atomic mass is 10.1. The van der Waals surface area contributed by atoms with Gasteiger partial charge >= 0.3 is 0 Å². The summed E-state index contributed by atoms with van der Waals surface area (Å²) < 4.78 is 13.1. The van der Waals surface area contributed by atoms with Crippen LogP contribution < -0.4 is 10.6 Å². The Morgan fingerprint density at radius 3 is 2.57 bits per heavy atom. The first-order chi connectivity index (χ1) is 11.0. The molecule has 0 aromatic heterocycles. The normalized spacial score (nSPS) is 10.3. The number of anilines is 2. The van der Waals surface area contributed by atoms with E-state index < -0.39 is 0 Å². The van der Waals surface area contributed by atoms with Crippen LogP contribution in [0.15, 0.2) is 41.3 Å². The number of hydrogen-bond donors (Lipinski definition) is 1. The topological polar surface area (TPSA) is 29.3 Å². The first-order valence-electron chi connectivity index (χ1n) is 7.51. The van der Waals surface area contributed by atoms with Crippen molar-refractivity contribution in [2.75, 3.05) is 22.9 Å². The van der Waals surface area contributed by atoms with Crippen LogP contribution in [0.2, 0.25) is 0 Å². The van der Waals surface area contributed by atoms with Gasteiger partial charge in [0.15, 0.2) is 0 Å². The molecule has 120 valence electrons. The molecule has 2 aromatic carbocycles. The van der Waals surface area contributed by atoms with Crippen molar-refractivity contribution in [3.63, 3.8) is 0 Å². The van der Waals surface area contributed by atoms with E-state index in [9.17, 15) is 4.39 Å². The Morgan fingerprint density at radius 2 is 1.96 bits per heavy atom. The first-order valence-corrected chi connectivity index (χ1v) is 8.49. The smallest absolute Gasteiger partial charge is 0.123 e. The summed E-state index contributed by atoms with van der Waals surface area (Å²) in [7, 11) is 0. The Labute approximate surface area is 141 Å². The van der Waals surface area contributed by atoms with Crippen LogP contribution in [-0.4, -0.2) is 12.3 Å². The fraction of sp³-hybridized carbons (Fsp3) is 0.263. The molecule has 0 spiro atoms. The van der Waals surface area contributed by atoms with Gasteiger partial charge in [-0.15, -0.1) is 18.2 Å². The summed E-state index contributed by atoms with van der Waals surface area (Å²) in [5, 5.41) is 0. The second-order valence-electron chi connectivity index (χ2n) is 5.30. The van der Waals surface area contributed by atoms with Crippen LogP contribution in [0, 0.1) is 25.1 Å². The zero-order valence-corrected chi connectivity index (χ0v) is 14.3. The molecule has 0 unspecified atom stereocenters. The fourth-order valence-electron chi connectivity index (χ4n) is 2.35. The van der Waals surface area contributed by atoms with Crippen molar-refractivity contribution in [2.45, 2.75) is 25.3 Å². The number of nitrogen functional groups attached to an aromatic ring is 1. The van der Waals surface area contributed by atoms with Gasteiger partial charge in [0.1, 0.15) is 5.82 Å². The summed E-state index contributed by atoms with van der Waals surface area (Å²) in [5.41, 5.74) is 9.95. The summed E-state index contributed by atoms with van der Waals surface area (Å²) in [6.07, 6.45) is 5.55. The van der Waals surface area contributed by atoms with Gasteiger partial charge < -0.3 is 10.6 Å². The van der Waals surface area contributed by atoms with Crippen molar-refractivity contribution < 1.29 is 4.39 Å². The van der Waals surface area contributed by atoms with Gasteiger partial charge in [0.2, 0.25) is 0 Å². The van der Waals surface area contributed by atoms with E-state index in [1.165, 1.54) is 12.1 Å². The van der Waals surface area contributed by atoms with E-state index in [2.05, 4.69) is 23.8 Å². The van der Waals surface area contributed by atoms with E-state index in [1.807, 2.05) is 13.0 Å². The van der Waals surface area contributed by atoms with E-state index in [1.54, 1.807) is 23.9 Å². The van der Waals surface area contributed by atoms with Crippen LogP contribution in [-0.2, 0) is 6.54 Å². The Balaban J connectivity index is 2.38. The predicted octanol–water partition coefficient (Wildman–Crippen LogP) is 4.47. The Hall–Kier alpha value is -2.12. The molecule has 0 radical (unpaired) electrons. The molecule has 4 heteroatoms. The third-order valence-electron chi connectivity index (χ3n) is 3.56. The van der Waals surface area contributed by atoms with Gasteiger partial charge in [0.05, 0.1) is 12.2 Å². The predicted molar refractivity (Wildman–Crippen MR) is 98.3 cm³/mol. The third-order valence-corrected chi connectivity index (χ3v) is 4.48. The van der Waals surface area contributed by atoms with E-state index in [0.29, 0.717) is 13.1 Å². The molecular formula is C19H21FN2S. The van der Waals surface area contributed by atoms with E-state index >= 15 is 0 Å². The molecule has 0 bridgehead atoms. The summed E-state index contributed by atoms with van der Waals surface area (Å²) in [6, 6.07) is 10.6. The van der Waals surface area contributed by atoms with Crippen LogP contribution in [0.25, 0.3) is 0 Å². The summed E-state index contributed by atoms with van der Waals surface area (Å²) >= 11 is 1.74. The quantitative estimate of drug-likeness (QED) is 0.482. The lowest BCUT2D eigenvalue weighted by molar-refractivity contribution is 0.626. The minimum absolute atomic E-state index is 0.234. The molecule has 0 aliphatic rings. The number of nitrogens with zero attached hydrogens (tertiary/aromatic N) is 1. The summed E-state index contributed by atoms with van der Waals surface area (Å²) in [4.78, 5) is 3.24. The third kappa shape index (κ3) is 4.43. The zero-order chi connectivity index (χ0) is 16.8. The Morgan fingerprint density at radius 1 is 1.26 bits per heavy atom. The number of aryl methyl sites for hydroxylation is 1. The molecule has 0 saturated heterocycles. The fourth-order valence-corrected chi connectivity index (χ4v) is 3.21. The lowest BCUT2D eigenvalue weighted by Crippen LogP contribution is -2.24. The van der Waals surface area contributed by atoms with Crippen molar-refractivity contribution in [1.82, 2.24) is 0 Å². The highest BCUT2D eigenvalue weighted by molar-refractivity contribution is 7.99.